The van der Waals surface area contributed by atoms with Gasteiger partial charge < -0.3 is 10.6 Å². The molecule has 1 aliphatic heterocycles. The maximum Gasteiger partial charge on any atom is 0.162 e. The predicted molar refractivity (Wildman–Crippen MR) is 48.3 cm³/mol. The van der Waals surface area contributed by atoms with Gasteiger partial charge in [-0.1, -0.05) is 12.1 Å². The van der Waals surface area contributed by atoms with Crippen LogP contribution in [0.15, 0.2) is 18.2 Å². The van der Waals surface area contributed by atoms with E-state index in [4.69, 9.17) is 0 Å². The Morgan fingerprint density at radius 1 is 1.42 bits per heavy atom. The number of rotatable bonds is 1. The van der Waals surface area contributed by atoms with Crippen molar-refractivity contribution in [3.63, 3.8) is 0 Å². The molecule has 0 fully saturated rings. The van der Waals surface area contributed by atoms with E-state index in [1.165, 1.54) is 0 Å². The molecule has 0 saturated heterocycles. The van der Waals surface area contributed by atoms with E-state index in [1.807, 2.05) is 25.1 Å². The van der Waals surface area contributed by atoms with Crippen molar-refractivity contribution in [3.05, 3.63) is 23.8 Å². The smallest absolute Gasteiger partial charge is 0.162 e. The maximum atomic E-state index is 10.5. The molecular weight excluding hydrogens is 152 g/mol. The Bertz CT molecular complexity index is 322. The molecule has 2 rings (SSSR count). The molecule has 1 heterocycles. The molecule has 0 spiro atoms. The van der Waals surface area contributed by atoms with Crippen molar-refractivity contribution in [1.82, 2.24) is 0 Å². The first kappa shape index (κ1) is 7.16. The number of carbonyl (C=O) groups excluding carboxylic acids is 1. The summed E-state index contributed by atoms with van der Waals surface area (Å²) in [5.41, 5.74) is 3.20. The van der Waals surface area contributed by atoms with E-state index in [9.17, 15) is 4.79 Å². The number of fused-ring (bicyclic) bond motifs is 1. The Labute approximate surface area is 70.8 Å². The molecule has 1 aromatic carbocycles. The Kier molecular flexibility index (Phi) is 1.50. The van der Waals surface area contributed by atoms with Crippen molar-refractivity contribution in [2.24, 2.45) is 0 Å². The third-order valence-corrected chi connectivity index (χ3v) is 2.02. The van der Waals surface area contributed by atoms with Crippen molar-refractivity contribution in [3.8, 4) is 0 Å². The van der Waals surface area contributed by atoms with E-state index >= 15 is 0 Å². The minimum Gasteiger partial charge on any atom is -0.358 e. The van der Waals surface area contributed by atoms with E-state index in [2.05, 4.69) is 10.6 Å². The van der Waals surface area contributed by atoms with Gasteiger partial charge in [-0.25, -0.2) is 0 Å². The second-order valence-corrected chi connectivity index (χ2v) is 2.90. The Morgan fingerprint density at radius 3 is 2.92 bits per heavy atom. The van der Waals surface area contributed by atoms with Gasteiger partial charge in [0.2, 0.25) is 0 Å². The molecule has 3 heteroatoms. The largest absolute Gasteiger partial charge is 0.358 e. The van der Waals surface area contributed by atoms with Crippen LogP contribution in [0.4, 0.5) is 11.4 Å². The van der Waals surface area contributed by atoms with Crippen LogP contribution in [0.3, 0.4) is 0 Å². The second kappa shape index (κ2) is 2.52. The zero-order chi connectivity index (χ0) is 8.55. The van der Waals surface area contributed by atoms with E-state index < -0.39 is 0 Å². The Morgan fingerprint density at radius 2 is 2.25 bits per heavy atom. The number of hydrogen-bond acceptors (Lipinski definition) is 3. The van der Waals surface area contributed by atoms with Gasteiger partial charge in [0.05, 0.1) is 11.4 Å². The van der Waals surface area contributed by atoms with Gasteiger partial charge in [-0.05, 0) is 18.6 Å². The molecule has 3 nitrogen and oxygen atoms in total. The normalized spacial score (nSPS) is 19.2. The van der Waals surface area contributed by atoms with Crippen LogP contribution in [0.2, 0.25) is 0 Å². The van der Waals surface area contributed by atoms with Crippen LogP contribution >= 0.6 is 0 Å². The predicted octanol–water partition coefficient (Wildman–Crippen LogP) is 1.36. The molecule has 1 aliphatic rings. The number of carbonyl (C=O) groups is 1. The monoisotopic (exact) mass is 162 g/mol. The molecule has 0 saturated carbocycles. The lowest BCUT2D eigenvalue weighted by atomic mass is 10.2. The van der Waals surface area contributed by atoms with Gasteiger partial charge in [-0.2, -0.15) is 0 Å². The lowest BCUT2D eigenvalue weighted by molar-refractivity contribution is -0.107. The summed E-state index contributed by atoms with van der Waals surface area (Å²) in [7, 11) is 0. The molecule has 1 aromatic rings. The average Bonchev–Trinajstić information content (AvgIpc) is 2.49. The van der Waals surface area contributed by atoms with Crippen LogP contribution < -0.4 is 10.6 Å². The van der Waals surface area contributed by atoms with Crippen molar-refractivity contribution in [2.45, 2.75) is 13.1 Å². The number of aryl methyl sites for hydroxylation is 1. The van der Waals surface area contributed by atoms with Crippen LogP contribution in [-0.4, -0.2) is 12.5 Å². The number of anilines is 2. The highest BCUT2D eigenvalue weighted by Crippen LogP contribution is 2.30. The molecule has 0 aromatic heterocycles. The third kappa shape index (κ3) is 0.942. The summed E-state index contributed by atoms with van der Waals surface area (Å²) in [6.07, 6.45) is 0.598. The summed E-state index contributed by atoms with van der Waals surface area (Å²) >= 11 is 0. The zero-order valence-electron chi connectivity index (χ0n) is 6.79. The third-order valence-electron chi connectivity index (χ3n) is 2.02. The van der Waals surface area contributed by atoms with E-state index in [-0.39, 0.29) is 6.17 Å². The molecule has 0 amide bonds. The molecule has 1 unspecified atom stereocenters. The second-order valence-electron chi connectivity index (χ2n) is 2.90. The minimum absolute atomic E-state index is 0.263. The van der Waals surface area contributed by atoms with Gasteiger partial charge in [-0.3, -0.25) is 4.79 Å². The average molecular weight is 162 g/mol. The lowest BCUT2D eigenvalue weighted by Gasteiger charge is -2.02. The molecule has 0 aliphatic carbocycles. The van der Waals surface area contributed by atoms with Gasteiger partial charge >= 0.3 is 0 Å². The first-order valence-corrected chi connectivity index (χ1v) is 3.89. The number of para-hydroxylation sites is 1. The summed E-state index contributed by atoms with van der Waals surface area (Å²) in [6, 6.07) is 5.94. The minimum atomic E-state index is -0.263. The van der Waals surface area contributed by atoms with Crippen LogP contribution in [0, 0.1) is 6.92 Å². The fraction of sp³-hybridized carbons (Fsp3) is 0.222. The molecule has 0 radical (unpaired) electrons. The molecule has 2 N–H and O–H groups in total. The highest BCUT2D eigenvalue weighted by atomic mass is 16.1. The van der Waals surface area contributed by atoms with Gasteiger partial charge in [0, 0.05) is 0 Å². The summed E-state index contributed by atoms with van der Waals surface area (Å²) in [5.74, 6) is 0. The van der Waals surface area contributed by atoms with E-state index in [1.54, 1.807) is 0 Å². The Hall–Kier alpha value is -1.51. The van der Waals surface area contributed by atoms with Crippen molar-refractivity contribution in [1.29, 1.82) is 0 Å². The lowest BCUT2D eigenvalue weighted by Crippen LogP contribution is -2.23. The van der Waals surface area contributed by atoms with Crippen molar-refractivity contribution < 1.29 is 4.79 Å². The number of hydrogen-bond donors (Lipinski definition) is 2. The summed E-state index contributed by atoms with van der Waals surface area (Å²) in [4.78, 5) is 10.5. The van der Waals surface area contributed by atoms with Crippen LogP contribution in [0.5, 0.6) is 0 Å². The fourth-order valence-electron chi connectivity index (χ4n) is 1.41. The summed E-state index contributed by atoms with van der Waals surface area (Å²) in [5, 5.41) is 6.12. The first-order valence-electron chi connectivity index (χ1n) is 3.89. The molecule has 1 atom stereocenters. The van der Waals surface area contributed by atoms with Crippen molar-refractivity contribution >= 4 is 17.7 Å². The summed E-state index contributed by atoms with van der Waals surface area (Å²) in [6.45, 7) is 2.01. The molecule has 0 bridgehead atoms. The van der Waals surface area contributed by atoms with Crippen LogP contribution in [0.1, 0.15) is 5.56 Å². The number of aldehydes is 1. The number of benzene rings is 1. The molecular formula is C9H10N2O. The zero-order valence-corrected chi connectivity index (χ0v) is 6.79. The molecule has 12 heavy (non-hydrogen) atoms. The fourth-order valence-corrected chi connectivity index (χ4v) is 1.41. The highest BCUT2D eigenvalue weighted by molar-refractivity contribution is 5.84. The number of nitrogens with one attached hydrogen (secondary N) is 2. The standard InChI is InChI=1S/C9H10N2O/c1-6-3-2-4-7-9(6)11-8(5-12)10-7/h2-5,8,10-11H,1H3. The van der Waals surface area contributed by atoms with Crippen LogP contribution in [0.25, 0.3) is 0 Å². The summed E-state index contributed by atoms with van der Waals surface area (Å²) < 4.78 is 0. The van der Waals surface area contributed by atoms with E-state index in [0.717, 1.165) is 23.2 Å². The topological polar surface area (TPSA) is 41.1 Å². The SMILES string of the molecule is Cc1cccc2c1NC(C=O)N2. The van der Waals surface area contributed by atoms with E-state index in [0.29, 0.717) is 0 Å². The van der Waals surface area contributed by atoms with Gasteiger partial charge in [0.15, 0.2) is 12.5 Å². The van der Waals surface area contributed by atoms with Gasteiger partial charge in [0.25, 0.3) is 0 Å². The quantitative estimate of drug-likeness (QED) is 0.612. The molecule has 62 valence electrons. The highest BCUT2D eigenvalue weighted by Gasteiger charge is 2.18. The van der Waals surface area contributed by atoms with Crippen LogP contribution in [-0.2, 0) is 4.79 Å². The van der Waals surface area contributed by atoms with Gasteiger partial charge in [-0.15, -0.1) is 0 Å². The Balaban J connectivity index is 2.41. The van der Waals surface area contributed by atoms with Gasteiger partial charge in [0.1, 0.15) is 0 Å². The van der Waals surface area contributed by atoms with Crippen molar-refractivity contribution in [2.75, 3.05) is 10.6 Å². The first-order chi connectivity index (χ1) is 5.81. The maximum absolute atomic E-state index is 10.5.